The first kappa shape index (κ1) is 15.7. The van der Waals surface area contributed by atoms with Crippen molar-refractivity contribution in [2.24, 2.45) is 5.73 Å². The fraction of sp³-hybridized carbons (Fsp3) is 0. The maximum atomic E-state index is 11.2. The van der Waals surface area contributed by atoms with Crippen molar-refractivity contribution in [1.29, 1.82) is 0 Å². The summed E-state index contributed by atoms with van der Waals surface area (Å²) in [7, 11) is 0. The summed E-state index contributed by atoms with van der Waals surface area (Å²) in [6.07, 6.45) is 1.57. The highest BCUT2D eigenvalue weighted by atomic mass is 35.5. The molecule has 7 nitrogen and oxygen atoms in total. The topological polar surface area (TPSA) is 108 Å². The van der Waals surface area contributed by atoms with Gasteiger partial charge in [0, 0.05) is 23.2 Å². The Morgan fingerprint density at radius 2 is 1.96 bits per heavy atom. The predicted molar refractivity (Wildman–Crippen MR) is 88.4 cm³/mol. The Labute approximate surface area is 140 Å². The van der Waals surface area contributed by atoms with Crippen LogP contribution in [0.4, 0.5) is 5.69 Å². The predicted octanol–water partition coefficient (Wildman–Crippen LogP) is 3.69. The third kappa shape index (κ3) is 2.84. The molecular weight excluding hydrogens is 334 g/mol. The molecule has 1 aromatic heterocycles. The van der Waals surface area contributed by atoms with Crippen molar-refractivity contribution < 1.29 is 14.5 Å². The standard InChI is InChI=1S/C16H10ClN3O4/c17-11-4-6-14(15-10(11)2-1-7-19-15)24-13-5-3-9(16(18)21)8-12(13)20(22)23/h1-8H,(H2,18,21). The first-order chi connectivity index (χ1) is 11.5. The van der Waals surface area contributed by atoms with Crippen LogP contribution in [0.25, 0.3) is 10.9 Å². The number of ether oxygens (including phenoxy) is 1. The van der Waals surface area contributed by atoms with Crippen LogP contribution in [0.1, 0.15) is 10.4 Å². The Kier molecular flexibility index (Phi) is 4.01. The molecule has 1 heterocycles. The van der Waals surface area contributed by atoms with Crippen LogP contribution in [-0.4, -0.2) is 15.8 Å². The first-order valence-corrected chi connectivity index (χ1v) is 7.14. The number of nitro groups is 1. The zero-order valence-electron chi connectivity index (χ0n) is 12.1. The molecule has 0 saturated heterocycles. The number of hydrogen-bond donors (Lipinski definition) is 1. The number of nitrogens with two attached hydrogens (primary N) is 1. The number of halogens is 1. The molecular formula is C16H10ClN3O4. The van der Waals surface area contributed by atoms with E-state index >= 15 is 0 Å². The maximum Gasteiger partial charge on any atom is 0.312 e. The molecule has 2 N–H and O–H groups in total. The van der Waals surface area contributed by atoms with Crippen molar-refractivity contribution in [3.63, 3.8) is 0 Å². The Morgan fingerprint density at radius 3 is 2.67 bits per heavy atom. The van der Waals surface area contributed by atoms with E-state index in [1.165, 1.54) is 12.1 Å². The number of pyridine rings is 1. The van der Waals surface area contributed by atoms with E-state index in [9.17, 15) is 14.9 Å². The Bertz CT molecular complexity index is 975. The molecule has 2 aromatic carbocycles. The molecule has 0 saturated carbocycles. The summed E-state index contributed by atoms with van der Waals surface area (Å²) < 4.78 is 5.66. The van der Waals surface area contributed by atoms with E-state index in [0.29, 0.717) is 21.7 Å². The summed E-state index contributed by atoms with van der Waals surface area (Å²) in [4.78, 5) is 26.0. The Balaban J connectivity index is 2.11. The van der Waals surface area contributed by atoms with E-state index in [1.54, 1.807) is 30.5 Å². The van der Waals surface area contributed by atoms with Crippen molar-refractivity contribution in [3.8, 4) is 11.5 Å². The molecule has 8 heteroatoms. The highest BCUT2D eigenvalue weighted by Gasteiger charge is 2.19. The average Bonchev–Trinajstić information content (AvgIpc) is 2.57. The first-order valence-electron chi connectivity index (χ1n) is 6.76. The van der Waals surface area contributed by atoms with Crippen molar-refractivity contribution in [2.75, 3.05) is 0 Å². The van der Waals surface area contributed by atoms with Gasteiger partial charge in [0.05, 0.1) is 9.95 Å². The van der Waals surface area contributed by atoms with Crippen LogP contribution in [0.3, 0.4) is 0 Å². The van der Waals surface area contributed by atoms with Gasteiger partial charge in [0.2, 0.25) is 11.7 Å². The fourth-order valence-electron chi connectivity index (χ4n) is 2.21. The quantitative estimate of drug-likeness (QED) is 0.574. The molecule has 0 aliphatic heterocycles. The highest BCUT2D eigenvalue weighted by Crippen LogP contribution is 2.36. The number of rotatable bonds is 4. The Hall–Kier alpha value is -3.19. The van der Waals surface area contributed by atoms with Crippen LogP contribution in [-0.2, 0) is 0 Å². The minimum absolute atomic E-state index is 0.0214. The number of fused-ring (bicyclic) bond motifs is 1. The minimum Gasteiger partial charge on any atom is -0.448 e. The van der Waals surface area contributed by atoms with Crippen molar-refractivity contribution in [1.82, 2.24) is 4.98 Å². The number of amides is 1. The van der Waals surface area contributed by atoms with Gasteiger partial charge in [-0.3, -0.25) is 19.9 Å². The number of carbonyl (C=O) groups is 1. The number of benzene rings is 2. The third-order valence-corrected chi connectivity index (χ3v) is 3.67. The normalized spacial score (nSPS) is 10.5. The van der Waals surface area contributed by atoms with Crippen molar-refractivity contribution >= 4 is 34.1 Å². The number of aromatic nitrogens is 1. The summed E-state index contributed by atoms with van der Waals surface area (Å²) >= 11 is 6.11. The highest BCUT2D eigenvalue weighted by molar-refractivity contribution is 6.35. The van der Waals surface area contributed by atoms with Gasteiger partial charge in [-0.25, -0.2) is 0 Å². The number of carbonyl (C=O) groups excluding carboxylic acids is 1. The summed E-state index contributed by atoms with van der Waals surface area (Å²) in [5.41, 5.74) is 5.27. The van der Waals surface area contributed by atoms with E-state index in [2.05, 4.69) is 4.98 Å². The average molecular weight is 344 g/mol. The lowest BCUT2D eigenvalue weighted by molar-refractivity contribution is -0.385. The Morgan fingerprint density at radius 1 is 1.21 bits per heavy atom. The minimum atomic E-state index is -0.761. The van der Waals surface area contributed by atoms with Crippen LogP contribution in [0.2, 0.25) is 5.02 Å². The van der Waals surface area contributed by atoms with E-state index in [0.717, 1.165) is 6.07 Å². The van der Waals surface area contributed by atoms with Gasteiger partial charge in [-0.2, -0.15) is 0 Å². The summed E-state index contributed by atoms with van der Waals surface area (Å²) in [6.45, 7) is 0. The van der Waals surface area contributed by atoms with Gasteiger partial charge in [0.25, 0.3) is 0 Å². The zero-order valence-corrected chi connectivity index (χ0v) is 12.9. The number of nitro benzene ring substituents is 1. The lowest BCUT2D eigenvalue weighted by atomic mass is 10.1. The zero-order chi connectivity index (χ0) is 17.3. The number of nitrogens with zero attached hydrogens (tertiary/aromatic N) is 2. The molecule has 0 spiro atoms. The largest absolute Gasteiger partial charge is 0.448 e. The van der Waals surface area contributed by atoms with E-state index in [1.807, 2.05) is 0 Å². The molecule has 0 bridgehead atoms. The van der Waals surface area contributed by atoms with Gasteiger partial charge < -0.3 is 10.5 Å². The van der Waals surface area contributed by atoms with E-state index in [-0.39, 0.29) is 17.0 Å². The van der Waals surface area contributed by atoms with Gasteiger partial charge in [-0.15, -0.1) is 0 Å². The lowest BCUT2D eigenvalue weighted by Gasteiger charge is -2.10. The maximum absolute atomic E-state index is 11.2. The molecule has 120 valence electrons. The van der Waals surface area contributed by atoms with Gasteiger partial charge in [0.15, 0.2) is 5.75 Å². The monoisotopic (exact) mass is 343 g/mol. The molecule has 1 amide bonds. The molecule has 0 radical (unpaired) electrons. The third-order valence-electron chi connectivity index (χ3n) is 3.34. The molecule has 3 aromatic rings. The van der Waals surface area contributed by atoms with E-state index < -0.39 is 10.8 Å². The summed E-state index contributed by atoms with van der Waals surface area (Å²) in [5, 5.41) is 12.4. The lowest BCUT2D eigenvalue weighted by Crippen LogP contribution is -2.11. The van der Waals surface area contributed by atoms with E-state index in [4.69, 9.17) is 22.1 Å². The second kappa shape index (κ2) is 6.13. The van der Waals surface area contributed by atoms with Gasteiger partial charge in [0.1, 0.15) is 5.52 Å². The van der Waals surface area contributed by atoms with Crippen LogP contribution in [0.5, 0.6) is 11.5 Å². The molecule has 0 fully saturated rings. The molecule has 0 aliphatic rings. The summed E-state index contributed by atoms with van der Waals surface area (Å²) in [6, 6.07) is 10.4. The summed E-state index contributed by atoms with van der Waals surface area (Å²) in [5.74, 6) is -0.479. The van der Waals surface area contributed by atoms with Crippen LogP contribution >= 0.6 is 11.6 Å². The fourth-order valence-corrected chi connectivity index (χ4v) is 2.43. The van der Waals surface area contributed by atoms with Crippen LogP contribution < -0.4 is 10.5 Å². The van der Waals surface area contributed by atoms with Gasteiger partial charge in [-0.05, 0) is 36.4 Å². The molecule has 0 unspecified atom stereocenters. The van der Waals surface area contributed by atoms with Crippen molar-refractivity contribution in [2.45, 2.75) is 0 Å². The van der Waals surface area contributed by atoms with Crippen LogP contribution in [0, 0.1) is 10.1 Å². The molecule has 3 rings (SSSR count). The smallest absolute Gasteiger partial charge is 0.312 e. The van der Waals surface area contributed by atoms with Crippen LogP contribution in [0.15, 0.2) is 48.7 Å². The number of hydrogen-bond acceptors (Lipinski definition) is 5. The second-order valence-electron chi connectivity index (χ2n) is 4.85. The second-order valence-corrected chi connectivity index (χ2v) is 5.26. The SMILES string of the molecule is NC(=O)c1ccc(Oc2ccc(Cl)c3cccnc23)c([N+](=O)[O-])c1. The molecule has 24 heavy (non-hydrogen) atoms. The molecule has 0 atom stereocenters. The molecule has 0 aliphatic carbocycles. The van der Waals surface area contributed by atoms with Crippen molar-refractivity contribution in [3.05, 3.63) is 69.4 Å². The number of primary amides is 1. The van der Waals surface area contributed by atoms with Gasteiger partial charge in [-0.1, -0.05) is 11.6 Å². The van der Waals surface area contributed by atoms with Gasteiger partial charge >= 0.3 is 5.69 Å².